The summed E-state index contributed by atoms with van der Waals surface area (Å²) in [6, 6.07) is 11.5. The van der Waals surface area contributed by atoms with Crippen LogP contribution >= 0.6 is 11.6 Å². The Labute approximate surface area is 147 Å². The highest BCUT2D eigenvalue weighted by molar-refractivity contribution is 6.30. The number of piperidine rings is 1. The van der Waals surface area contributed by atoms with E-state index in [2.05, 4.69) is 9.88 Å². The van der Waals surface area contributed by atoms with Crippen molar-refractivity contribution in [2.45, 2.75) is 25.8 Å². The van der Waals surface area contributed by atoms with Crippen molar-refractivity contribution in [2.75, 3.05) is 13.1 Å². The minimum Gasteiger partial charge on any atom is -0.481 e. The lowest BCUT2D eigenvalue weighted by atomic mass is 9.75. The van der Waals surface area contributed by atoms with Crippen molar-refractivity contribution in [1.82, 2.24) is 9.88 Å². The molecule has 0 bridgehead atoms. The van der Waals surface area contributed by atoms with Gasteiger partial charge >= 0.3 is 5.97 Å². The van der Waals surface area contributed by atoms with E-state index in [1.807, 2.05) is 36.4 Å². The molecule has 126 valence electrons. The van der Waals surface area contributed by atoms with E-state index in [0.717, 1.165) is 30.6 Å². The third-order valence-corrected chi connectivity index (χ3v) is 4.93. The van der Waals surface area contributed by atoms with Gasteiger partial charge in [0.2, 0.25) is 0 Å². The van der Waals surface area contributed by atoms with E-state index < -0.39 is 11.4 Å². The Hall–Kier alpha value is -1.91. The van der Waals surface area contributed by atoms with Gasteiger partial charge in [-0.05, 0) is 61.2 Å². The second-order valence-corrected chi connectivity index (χ2v) is 7.00. The van der Waals surface area contributed by atoms with Crippen LogP contribution in [0, 0.1) is 5.41 Å². The fraction of sp³-hybridized carbons (Fsp3) is 0.368. The van der Waals surface area contributed by atoms with Crippen molar-refractivity contribution >= 4 is 17.6 Å². The number of benzene rings is 1. The quantitative estimate of drug-likeness (QED) is 0.899. The van der Waals surface area contributed by atoms with Crippen LogP contribution in [0.15, 0.2) is 48.8 Å². The number of halogens is 1. The van der Waals surface area contributed by atoms with Crippen molar-refractivity contribution in [3.63, 3.8) is 0 Å². The fourth-order valence-electron chi connectivity index (χ4n) is 3.54. The first-order valence-electron chi connectivity index (χ1n) is 8.16. The molecule has 2 heterocycles. The molecule has 0 spiro atoms. The third kappa shape index (κ3) is 3.94. The predicted molar refractivity (Wildman–Crippen MR) is 94.0 cm³/mol. The van der Waals surface area contributed by atoms with Gasteiger partial charge in [-0.2, -0.15) is 0 Å². The highest BCUT2D eigenvalue weighted by Gasteiger charge is 2.42. The zero-order valence-electron chi connectivity index (χ0n) is 13.5. The van der Waals surface area contributed by atoms with Crippen LogP contribution < -0.4 is 0 Å². The summed E-state index contributed by atoms with van der Waals surface area (Å²) in [6.45, 7) is 2.23. The van der Waals surface area contributed by atoms with Crippen LogP contribution in [0.3, 0.4) is 0 Å². The van der Waals surface area contributed by atoms with Crippen molar-refractivity contribution in [2.24, 2.45) is 5.41 Å². The van der Waals surface area contributed by atoms with E-state index in [-0.39, 0.29) is 0 Å². The standard InChI is InChI=1S/C19H21ClN2O2/c20-17-4-1-3-16(11-17)12-19(18(23)24)7-2-10-22(14-19)13-15-5-8-21-9-6-15/h1,3-6,8-9,11H,2,7,10,12-14H2,(H,23,24)/t19-/m0/s1. The molecule has 3 rings (SSSR count). The summed E-state index contributed by atoms with van der Waals surface area (Å²) in [5.74, 6) is -0.720. The zero-order valence-corrected chi connectivity index (χ0v) is 14.2. The molecular weight excluding hydrogens is 324 g/mol. The lowest BCUT2D eigenvalue weighted by Gasteiger charge is -2.40. The number of aliphatic carboxylic acids is 1. The van der Waals surface area contributed by atoms with Crippen LogP contribution in [-0.4, -0.2) is 34.0 Å². The molecule has 1 saturated heterocycles. The van der Waals surface area contributed by atoms with Crippen molar-refractivity contribution < 1.29 is 9.90 Å². The topological polar surface area (TPSA) is 53.4 Å². The average Bonchev–Trinajstić information content (AvgIpc) is 2.56. The molecule has 1 aromatic carbocycles. The Balaban J connectivity index is 1.77. The molecule has 0 amide bonds. The molecule has 1 fully saturated rings. The lowest BCUT2D eigenvalue weighted by Crippen LogP contribution is -2.48. The summed E-state index contributed by atoms with van der Waals surface area (Å²) in [7, 11) is 0. The van der Waals surface area contributed by atoms with E-state index in [9.17, 15) is 9.90 Å². The highest BCUT2D eigenvalue weighted by atomic mass is 35.5. The third-order valence-electron chi connectivity index (χ3n) is 4.70. The van der Waals surface area contributed by atoms with Gasteiger partial charge in [-0.1, -0.05) is 23.7 Å². The van der Waals surface area contributed by atoms with Crippen LogP contribution in [0.4, 0.5) is 0 Å². The summed E-state index contributed by atoms with van der Waals surface area (Å²) in [5.41, 5.74) is 1.39. The van der Waals surface area contributed by atoms with E-state index >= 15 is 0 Å². The summed E-state index contributed by atoms with van der Waals surface area (Å²) in [5, 5.41) is 10.6. The first-order valence-corrected chi connectivity index (χ1v) is 8.54. The van der Waals surface area contributed by atoms with Gasteiger partial charge in [0.1, 0.15) is 0 Å². The van der Waals surface area contributed by atoms with Crippen molar-refractivity contribution in [3.05, 3.63) is 64.9 Å². The second kappa shape index (κ2) is 7.32. The predicted octanol–water partition coefficient (Wildman–Crippen LogP) is 3.64. The first kappa shape index (κ1) is 16.9. The number of hydrogen-bond acceptors (Lipinski definition) is 3. The number of carboxylic acids is 1. The van der Waals surface area contributed by atoms with Crippen LogP contribution in [0.5, 0.6) is 0 Å². The fourth-order valence-corrected chi connectivity index (χ4v) is 3.75. The molecule has 0 aliphatic carbocycles. The molecule has 0 radical (unpaired) electrons. The molecule has 24 heavy (non-hydrogen) atoms. The molecule has 1 aromatic heterocycles. The summed E-state index contributed by atoms with van der Waals surface area (Å²) < 4.78 is 0. The molecule has 0 saturated carbocycles. The minimum atomic E-state index is -0.754. The van der Waals surface area contributed by atoms with Crippen LogP contribution in [-0.2, 0) is 17.8 Å². The molecule has 1 aliphatic rings. The molecule has 1 N–H and O–H groups in total. The van der Waals surface area contributed by atoms with Gasteiger partial charge in [-0.25, -0.2) is 0 Å². The Kier molecular flexibility index (Phi) is 5.17. The monoisotopic (exact) mass is 344 g/mol. The summed E-state index contributed by atoms with van der Waals surface area (Å²) >= 11 is 6.06. The zero-order chi connectivity index (χ0) is 17.0. The number of nitrogens with zero attached hydrogens (tertiary/aromatic N) is 2. The summed E-state index contributed by atoms with van der Waals surface area (Å²) in [4.78, 5) is 18.4. The van der Waals surface area contributed by atoms with Gasteiger partial charge in [-0.3, -0.25) is 14.7 Å². The largest absolute Gasteiger partial charge is 0.481 e. The molecule has 1 aliphatic heterocycles. The highest BCUT2D eigenvalue weighted by Crippen LogP contribution is 2.35. The number of likely N-dealkylation sites (tertiary alicyclic amines) is 1. The number of hydrogen-bond donors (Lipinski definition) is 1. The summed E-state index contributed by atoms with van der Waals surface area (Å²) in [6.07, 6.45) is 5.64. The van der Waals surface area contributed by atoms with E-state index in [0.29, 0.717) is 24.4 Å². The Morgan fingerprint density at radius 1 is 1.25 bits per heavy atom. The Morgan fingerprint density at radius 3 is 2.75 bits per heavy atom. The number of rotatable bonds is 5. The van der Waals surface area contributed by atoms with E-state index in [1.54, 1.807) is 12.4 Å². The van der Waals surface area contributed by atoms with Crippen LogP contribution in [0.2, 0.25) is 5.02 Å². The van der Waals surface area contributed by atoms with Gasteiger partial charge in [0.05, 0.1) is 5.41 Å². The molecule has 1 atom stereocenters. The number of aromatic nitrogens is 1. The van der Waals surface area contributed by atoms with Crippen LogP contribution in [0.1, 0.15) is 24.0 Å². The van der Waals surface area contributed by atoms with E-state index in [1.165, 1.54) is 0 Å². The number of pyridine rings is 1. The smallest absolute Gasteiger partial charge is 0.311 e. The molecule has 5 heteroatoms. The van der Waals surface area contributed by atoms with Gasteiger partial charge < -0.3 is 5.11 Å². The second-order valence-electron chi connectivity index (χ2n) is 6.56. The van der Waals surface area contributed by atoms with Crippen LogP contribution in [0.25, 0.3) is 0 Å². The number of carbonyl (C=O) groups is 1. The molecule has 2 aromatic rings. The maximum atomic E-state index is 12.1. The van der Waals surface area contributed by atoms with Gasteiger partial charge in [0.15, 0.2) is 0 Å². The first-order chi connectivity index (χ1) is 11.6. The Morgan fingerprint density at radius 2 is 2.04 bits per heavy atom. The van der Waals surface area contributed by atoms with Gasteiger partial charge in [-0.15, -0.1) is 0 Å². The van der Waals surface area contributed by atoms with E-state index in [4.69, 9.17) is 11.6 Å². The van der Waals surface area contributed by atoms with Gasteiger partial charge in [0.25, 0.3) is 0 Å². The minimum absolute atomic E-state index is 0.510. The van der Waals surface area contributed by atoms with Crippen molar-refractivity contribution in [3.8, 4) is 0 Å². The molecular formula is C19H21ClN2O2. The maximum Gasteiger partial charge on any atom is 0.311 e. The Bertz CT molecular complexity index is 708. The maximum absolute atomic E-state index is 12.1. The SMILES string of the molecule is O=C(O)[C@]1(Cc2cccc(Cl)c2)CCCN(Cc2ccncc2)C1. The average molecular weight is 345 g/mol. The molecule has 4 nitrogen and oxygen atoms in total. The molecule has 0 unspecified atom stereocenters. The number of carboxylic acid groups (broad SMARTS) is 1. The van der Waals surface area contributed by atoms with Gasteiger partial charge in [0, 0.05) is 30.5 Å². The lowest BCUT2D eigenvalue weighted by molar-refractivity contribution is -0.152. The van der Waals surface area contributed by atoms with Crippen molar-refractivity contribution in [1.29, 1.82) is 0 Å². The normalized spacial score (nSPS) is 21.5.